The van der Waals surface area contributed by atoms with Gasteiger partial charge < -0.3 is 10.2 Å². The van der Waals surface area contributed by atoms with Gasteiger partial charge in [0.25, 0.3) is 0 Å². The summed E-state index contributed by atoms with van der Waals surface area (Å²) in [6, 6.07) is 10.5. The van der Waals surface area contributed by atoms with Gasteiger partial charge in [0, 0.05) is 18.8 Å². The van der Waals surface area contributed by atoms with Gasteiger partial charge in [0.15, 0.2) is 0 Å². The van der Waals surface area contributed by atoms with E-state index in [2.05, 4.69) is 5.32 Å². The molecule has 1 aliphatic rings. The maximum atomic E-state index is 14.3. The van der Waals surface area contributed by atoms with Crippen LogP contribution in [0.4, 0.5) is 20.2 Å². The van der Waals surface area contributed by atoms with Crippen LogP contribution in [0.1, 0.15) is 11.1 Å². The van der Waals surface area contributed by atoms with Crippen LogP contribution in [0.25, 0.3) is 0 Å². The molecular weight excluding hydrogens is 258 g/mol. The van der Waals surface area contributed by atoms with Crippen LogP contribution in [0.3, 0.4) is 0 Å². The maximum absolute atomic E-state index is 14.3. The standard InChI is InChI=1S/C16H16F2N2/c1-19-10-11-8-13(17)16(14(18)9-11)20-7-6-12-4-2-3-5-15(12)20/h2-5,8-9,19H,6-7,10H2,1H3. The Bertz CT molecular complexity index is 617. The summed E-state index contributed by atoms with van der Waals surface area (Å²) in [5.41, 5.74) is 2.69. The van der Waals surface area contributed by atoms with Gasteiger partial charge in [0.05, 0.1) is 0 Å². The van der Waals surface area contributed by atoms with Crippen LogP contribution in [0.5, 0.6) is 0 Å². The smallest absolute Gasteiger partial charge is 0.150 e. The first-order chi connectivity index (χ1) is 9.70. The molecule has 4 heteroatoms. The van der Waals surface area contributed by atoms with Gasteiger partial charge in [0.2, 0.25) is 0 Å². The Morgan fingerprint density at radius 2 is 1.85 bits per heavy atom. The van der Waals surface area contributed by atoms with E-state index in [4.69, 9.17) is 0 Å². The van der Waals surface area contributed by atoms with E-state index in [1.54, 1.807) is 11.9 Å². The van der Waals surface area contributed by atoms with Gasteiger partial charge in [-0.15, -0.1) is 0 Å². The molecule has 20 heavy (non-hydrogen) atoms. The van der Waals surface area contributed by atoms with Gasteiger partial charge in [-0.2, -0.15) is 0 Å². The van der Waals surface area contributed by atoms with Gasteiger partial charge >= 0.3 is 0 Å². The highest BCUT2D eigenvalue weighted by Gasteiger charge is 2.25. The van der Waals surface area contributed by atoms with Crippen molar-refractivity contribution in [3.8, 4) is 0 Å². The molecule has 0 saturated carbocycles. The third kappa shape index (κ3) is 2.16. The molecule has 2 aromatic rings. The Balaban J connectivity index is 2.04. The summed E-state index contributed by atoms with van der Waals surface area (Å²) in [5, 5.41) is 2.90. The molecule has 0 bridgehead atoms. The average molecular weight is 274 g/mol. The van der Waals surface area contributed by atoms with E-state index in [9.17, 15) is 8.78 Å². The molecule has 2 aromatic carbocycles. The Hall–Kier alpha value is -1.94. The first kappa shape index (κ1) is 13.1. The number of fused-ring (bicyclic) bond motifs is 1. The molecule has 0 radical (unpaired) electrons. The number of benzene rings is 2. The first-order valence-electron chi connectivity index (χ1n) is 6.68. The number of halogens is 2. The van der Waals surface area contributed by atoms with Crippen LogP contribution >= 0.6 is 0 Å². The number of rotatable bonds is 3. The Morgan fingerprint density at radius 1 is 1.15 bits per heavy atom. The molecule has 2 nitrogen and oxygen atoms in total. The van der Waals surface area contributed by atoms with Gasteiger partial charge in [0.1, 0.15) is 17.3 Å². The first-order valence-corrected chi connectivity index (χ1v) is 6.68. The minimum absolute atomic E-state index is 0.0507. The SMILES string of the molecule is CNCc1cc(F)c(N2CCc3ccccc32)c(F)c1. The average Bonchev–Trinajstić information content (AvgIpc) is 2.83. The van der Waals surface area contributed by atoms with Crippen LogP contribution in [-0.2, 0) is 13.0 Å². The van der Waals surface area contributed by atoms with E-state index < -0.39 is 11.6 Å². The second-order valence-corrected chi connectivity index (χ2v) is 4.97. The van der Waals surface area contributed by atoms with Gasteiger partial charge in [-0.05, 0) is 42.8 Å². The second kappa shape index (κ2) is 5.21. The van der Waals surface area contributed by atoms with Crippen molar-refractivity contribution < 1.29 is 8.78 Å². The minimum atomic E-state index is -0.507. The number of hydrogen-bond acceptors (Lipinski definition) is 2. The molecule has 1 aliphatic heterocycles. The number of anilines is 2. The number of hydrogen-bond donors (Lipinski definition) is 1. The van der Waals surface area contributed by atoms with Gasteiger partial charge in [-0.1, -0.05) is 18.2 Å². The molecule has 0 fully saturated rings. The predicted octanol–water partition coefficient (Wildman–Crippen LogP) is 3.38. The van der Waals surface area contributed by atoms with Crippen molar-refractivity contribution in [3.63, 3.8) is 0 Å². The van der Waals surface area contributed by atoms with E-state index >= 15 is 0 Å². The van der Waals surface area contributed by atoms with Crippen LogP contribution < -0.4 is 10.2 Å². The third-order valence-electron chi connectivity index (χ3n) is 3.61. The zero-order valence-corrected chi connectivity index (χ0v) is 11.3. The van der Waals surface area contributed by atoms with E-state index in [1.165, 1.54) is 12.1 Å². The van der Waals surface area contributed by atoms with E-state index in [-0.39, 0.29) is 5.69 Å². The molecule has 0 aromatic heterocycles. The van der Waals surface area contributed by atoms with E-state index in [1.807, 2.05) is 24.3 Å². The highest BCUT2D eigenvalue weighted by molar-refractivity contribution is 5.70. The molecule has 104 valence electrons. The lowest BCUT2D eigenvalue weighted by Crippen LogP contribution is -2.17. The lowest BCUT2D eigenvalue weighted by molar-refractivity contribution is 0.576. The van der Waals surface area contributed by atoms with Crippen LogP contribution in [-0.4, -0.2) is 13.6 Å². The van der Waals surface area contributed by atoms with Crippen molar-refractivity contribution in [2.45, 2.75) is 13.0 Å². The molecular formula is C16H16F2N2. The Kier molecular flexibility index (Phi) is 3.40. The summed E-state index contributed by atoms with van der Waals surface area (Å²) in [6.07, 6.45) is 0.813. The highest BCUT2D eigenvalue weighted by atomic mass is 19.1. The lowest BCUT2D eigenvalue weighted by Gasteiger charge is -2.21. The van der Waals surface area contributed by atoms with Crippen LogP contribution in [0, 0.1) is 11.6 Å². The van der Waals surface area contributed by atoms with Gasteiger partial charge in [-0.25, -0.2) is 8.78 Å². The summed E-state index contributed by atoms with van der Waals surface area (Å²) in [4.78, 5) is 1.73. The third-order valence-corrected chi connectivity index (χ3v) is 3.61. The van der Waals surface area contributed by atoms with Crippen molar-refractivity contribution in [1.82, 2.24) is 5.32 Å². The molecule has 0 saturated heterocycles. The Morgan fingerprint density at radius 3 is 2.55 bits per heavy atom. The number of nitrogens with one attached hydrogen (secondary N) is 1. The van der Waals surface area contributed by atoms with Crippen molar-refractivity contribution in [2.24, 2.45) is 0 Å². The fourth-order valence-electron chi connectivity index (χ4n) is 2.75. The molecule has 0 amide bonds. The monoisotopic (exact) mass is 274 g/mol. The largest absolute Gasteiger partial charge is 0.336 e. The van der Waals surface area contributed by atoms with Crippen molar-refractivity contribution >= 4 is 11.4 Å². The van der Waals surface area contributed by atoms with Crippen molar-refractivity contribution in [1.29, 1.82) is 0 Å². The molecule has 0 atom stereocenters. The van der Waals surface area contributed by atoms with Crippen molar-refractivity contribution in [3.05, 3.63) is 59.2 Å². The van der Waals surface area contributed by atoms with Gasteiger partial charge in [-0.3, -0.25) is 0 Å². The summed E-state index contributed by atoms with van der Waals surface area (Å²) in [6.45, 7) is 1.06. The minimum Gasteiger partial charge on any atom is -0.336 e. The second-order valence-electron chi connectivity index (χ2n) is 4.97. The predicted molar refractivity (Wildman–Crippen MR) is 76.3 cm³/mol. The normalized spacial score (nSPS) is 13.7. The summed E-state index contributed by atoms with van der Waals surface area (Å²) < 4.78 is 28.5. The molecule has 3 rings (SSSR count). The lowest BCUT2D eigenvalue weighted by atomic mass is 10.1. The van der Waals surface area contributed by atoms with Crippen molar-refractivity contribution in [2.75, 3.05) is 18.5 Å². The fraction of sp³-hybridized carbons (Fsp3) is 0.250. The highest BCUT2D eigenvalue weighted by Crippen LogP contribution is 2.37. The van der Waals surface area contributed by atoms with Crippen LogP contribution in [0.15, 0.2) is 36.4 Å². The quantitative estimate of drug-likeness (QED) is 0.923. The Labute approximate surface area is 117 Å². The molecule has 1 heterocycles. The summed E-state index contributed by atoms with van der Waals surface area (Å²) in [5.74, 6) is -1.01. The summed E-state index contributed by atoms with van der Waals surface area (Å²) >= 11 is 0. The topological polar surface area (TPSA) is 15.3 Å². The fourth-order valence-corrected chi connectivity index (χ4v) is 2.75. The molecule has 0 unspecified atom stereocenters. The molecule has 0 aliphatic carbocycles. The van der Waals surface area contributed by atoms with E-state index in [0.29, 0.717) is 18.7 Å². The zero-order chi connectivity index (χ0) is 14.1. The molecule has 1 N–H and O–H groups in total. The number of nitrogens with zero attached hydrogens (tertiary/aromatic N) is 1. The van der Waals surface area contributed by atoms with Crippen LogP contribution in [0.2, 0.25) is 0 Å². The zero-order valence-electron chi connectivity index (χ0n) is 11.3. The van der Waals surface area contributed by atoms with E-state index in [0.717, 1.165) is 17.7 Å². The summed E-state index contributed by atoms with van der Waals surface area (Å²) in [7, 11) is 1.75. The number of para-hydroxylation sites is 1. The molecule has 0 spiro atoms. The maximum Gasteiger partial charge on any atom is 0.150 e.